The molecule has 2 aliphatic rings. The molecule has 3 N–H and O–H groups in total. The number of halogens is 2. The first kappa shape index (κ1) is 35.0. The summed E-state index contributed by atoms with van der Waals surface area (Å²) in [7, 11) is 0. The average molecular weight is 519 g/mol. The molecule has 7 nitrogen and oxygen atoms in total. The molecule has 0 bridgehead atoms. The fourth-order valence-electron chi connectivity index (χ4n) is 4.51. The van der Waals surface area contributed by atoms with E-state index in [0.717, 1.165) is 5.57 Å². The van der Waals surface area contributed by atoms with Crippen LogP contribution >= 0.6 is 24.8 Å². The third kappa shape index (κ3) is 10.6. The van der Waals surface area contributed by atoms with Crippen molar-refractivity contribution in [2.24, 2.45) is 23.7 Å². The van der Waals surface area contributed by atoms with Crippen molar-refractivity contribution >= 4 is 36.8 Å². The second kappa shape index (κ2) is 16.5. The van der Waals surface area contributed by atoms with E-state index in [4.69, 9.17) is 4.74 Å². The van der Waals surface area contributed by atoms with Crippen molar-refractivity contribution in [1.29, 1.82) is 0 Å². The molecule has 0 spiro atoms. The Morgan fingerprint density at radius 1 is 1.24 bits per heavy atom. The molecule has 10 heteroatoms. The molecule has 0 aromatic rings. The van der Waals surface area contributed by atoms with E-state index >= 15 is 0 Å². The van der Waals surface area contributed by atoms with Gasteiger partial charge in [0.05, 0.1) is 24.2 Å². The van der Waals surface area contributed by atoms with Crippen molar-refractivity contribution in [2.45, 2.75) is 83.7 Å². The van der Waals surface area contributed by atoms with Crippen molar-refractivity contribution in [3.05, 3.63) is 23.8 Å². The molecule has 0 aromatic heterocycles. The molecule has 8 atom stereocenters. The quantitative estimate of drug-likeness (QED) is 0.249. The van der Waals surface area contributed by atoms with Crippen LogP contribution in [0.25, 0.3) is 0 Å². The molecule has 0 heterocycles. The maximum absolute atomic E-state index is 12.4. The zero-order valence-electron chi connectivity index (χ0n) is 19.9. The summed E-state index contributed by atoms with van der Waals surface area (Å²) in [6.07, 6.45) is 4.31. The van der Waals surface area contributed by atoms with Gasteiger partial charge in [-0.2, -0.15) is 0 Å². The van der Waals surface area contributed by atoms with Crippen LogP contribution in [0, 0.1) is 23.7 Å². The van der Waals surface area contributed by atoms with Crippen molar-refractivity contribution < 1.29 is 64.3 Å². The summed E-state index contributed by atoms with van der Waals surface area (Å²) in [4.78, 5) is 23.0. The minimum atomic E-state index is -1.35. The van der Waals surface area contributed by atoms with Crippen LogP contribution in [0.1, 0.15) is 59.3 Å². The van der Waals surface area contributed by atoms with Gasteiger partial charge in [0.15, 0.2) is 0 Å². The number of carbonyl (C=O) groups excluding carboxylic acids is 2. The van der Waals surface area contributed by atoms with E-state index in [1.165, 1.54) is 0 Å². The predicted octanol–water partition coefficient (Wildman–Crippen LogP) is -1.05. The largest absolute Gasteiger partial charge is 1.00 e. The molecule has 0 aliphatic heterocycles. The number of allylic oxidation sites excluding steroid dienone is 2. The van der Waals surface area contributed by atoms with Crippen LogP contribution in [0.15, 0.2) is 23.8 Å². The van der Waals surface area contributed by atoms with Gasteiger partial charge in [-0.05, 0) is 43.1 Å². The van der Waals surface area contributed by atoms with Gasteiger partial charge >= 0.3 is 35.5 Å². The molecular formula is C23H37Cl2NaO7. The first-order valence-electron chi connectivity index (χ1n) is 11.0. The fraction of sp³-hybridized carbons (Fsp3) is 0.739. The van der Waals surface area contributed by atoms with E-state index in [-0.39, 0.29) is 90.4 Å². The second-order valence-corrected chi connectivity index (χ2v) is 8.86. The number of ether oxygens (including phenoxy) is 1. The maximum Gasteiger partial charge on any atom is 1.00 e. The number of rotatable bonds is 10. The first-order valence-corrected chi connectivity index (χ1v) is 11.0. The van der Waals surface area contributed by atoms with Gasteiger partial charge in [0.25, 0.3) is 0 Å². The third-order valence-corrected chi connectivity index (χ3v) is 6.43. The first-order chi connectivity index (χ1) is 14.1. The molecule has 2 rings (SSSR count). The monoisotopic (exact) mass is 518 g/mol. The van der Waals surface area contributed by atoms with Crippen LogP contribution in [-0.2, 0) is 14.3 Å². The third-order valence-electron chi connectivity index (χ3n) is 6.43. The van der Waals surface area contributed by atoms with Crippen LogP contribution in [0.5, 0.6) is 0 Å². The number of hydrogen-bond donors (Lipinski definition) is 3. The number of carbonyl (C=O) groups is 2. The van der Waals surface area contributed by atoms with Gasteiger partial charge in [0, 0.05) is 24.7 Å². The van der Waals surface area contributed by atoms with Gasteiger partial charge in [0.2, 0.25) is 0 Å². The van der Waals surface area contributed by atoms with E-state index in [0.29, 0.717) is 25.7 Å². The van der Waals surface area contributed by atoms with Crippen LogP contribution in [0.4, 0.5) is 0 Å². The minimum absolute atomic E-state index is 0. The predicted molar refractivity (Wildman–Crippen MR) is 123 cm³/mol. The number of aliphatic hydroxyl groups is 3. The van der Waals surface area contributed by atoms with Crippen molar-refractivity contribution in [2.75, 3.05) is 0 Å². The molecule has 0 aromatic carbocycles. The average Bonchev–Trinajstić information content (AvgIpc) is 2.65. The van der Waals surface area contributed by atoms with Gasteiger partial charge < -0.3 is 30.0 Å². The normalized spacial score (nSPS) is 28.4. The molecule has 2 aliphatic carbocycles. The Morgan fingerprint density at radius 2 is 1.88 bits per heavy atom. The molecular weight excluding hydrogens is 482 g/mol. The standard InChI is InChI=1S/C23H36O7.2ClH.Na/c1-4-13(2)23(29)30-20-11-17(25)9-15-6-5-14(3)19(22(15)20)8-7-16(24)10-18(26)12-21(27)28;;;/h5-6,9,13-14,16-20,22,24-26H,4,7-8,10-12H2,1-3H3,(H,27,28);2*1H;/q;;;+1/p-1/t13-,14-,16+,17+,18+,19-,20-,22-;;;/m0.../s1. The Morgan fingerprint density at radius 3 is 2.45 bits per heavy atom. The van der Waals surface area contributed by atoms with E-state index < -0.39 is 36.8 Å². The Bertz CT molecular complexity index is 673. The number of aliphatic hydroxyl groups excluding tert-OH is 3. The summed E-state index contributed by atoms with van der Waals surface area (Å²) in [5, 5.41) is 40.8. The molecule has 0 saturated carbocycles. The Labute approximate surface area is 231 Å². The summed E-state index contributed by atoms with van der Waals surface area (Å²) in [5.41, 5.74) is 0.949. The number of fused-ring (bicyclic) bond motifs is 1. The molecule has 0 fully saturated rings. The van der Waals surface area contributed by atoms with Crippen molar-refractivity contribution in [3.8, 4) is 0 Å². The van der Waals surface area contributed by atoms with Crippen LogP contribution in [0.2, 0.25) is 0 Å². The SMILES string of the molecule is CC[C@H](C)C(=O)O[C@H]1C[C@H](O)C=C2C=C[C@H](C)[C@H](CC[C@@H](O)C[C@@H](O)CC(=O)[O-])[C@H]21.Cl.Cl.[Na+]. The maximum atomic E-state index is 12.4. The fourth-order valence-corrected chi connectivity index (χ4v) is 4.51. The summed E-state index contributed by atoms with van der Waals surface area (Å²) in [6, 6.07) is 0. The van der Waals surface area contributed by atoms with Gasteiger partial charge in [-0.15, -0.1) is 24.8 Å². The zero-order valence-corrected chi connectivity index (χ0v) is 23.5. The van der Waals surface area contributed by atoms with Gasteiger partial charge in [0.1, 0.15) is 6.10 Å². The van der Waals surface area contributed by atoms with Crippen molar-refractivity contribution in [3.63, 3.8) is 0 Å². The zero-order chi connectivity index (χ0) is 22.4. The van der Waals surface area contributed by atoms with E-state index in [9.17, 15) is 30.0 Å². The smallest absolute Gasteiger partial charge is 0.550 e. The van der Waals surface area contributed by atoms with Crippen molar-refractivity contribution in [1.82, 2.24) is 0 Å². The number of carboxylic acids is 1. The second-order valence-electron chi connectivity index (χ2n) is 8.86. The van der Waals surface area contributed by atoms with Gasteiger partial charge in [-0.25, -0.2) is 0 Å². The number of hydrogen-bond acceptors (Lipinski definition) is 7. The summed E-state index contributed by atoms with van der Waals surface area (Å²) in [5.74, 6) is -1.60. The number of aliphatic carboxylic acids is 1. The molecule has 186 valence electrons. The van der Waals surface area contributed by atoms with E-state index in [2.05, 4.69) is 13.0 Å². The Kier molecular flexibility index (Phi) is 17.6. The molecule has 0 radical (unpaired) electrons. The molecule has 33 heavy (non-hydrogen) atoms. The summed E-state index contributed by atoms with van der Waals surface area (Å²) in [6.45, 7) is 5.83. The van der Waals surface area contributed by atoms with Gasteiger partial charge in [-0.1, -0.05) is 39.0 Å². The molecule has 0 amide bonds. The van der Waals surface area contributed by atoms with E-state index in [1.54, 1.807) is 0 Å². The Balaban J connectivity index is 0. The van der Waals surface area contributed by atoms with Crippen LogP contribution < -0.4 is 34.7 Å². The van der Waals surface area contributed by atoms with E-state index in [1.807, 2.05) is 26.0 Å². The minimum Gasteiger partial charge on any atom is -0.550 e. The number of carboxylic acid groups (broad SMARTS) is 1. The number of esters is 1. The van der Waals surface area contributed by atoms with Crippen LogP contribution in [0.3, 0.4) is 0 Å². The molecule has 0 unspecified atom stereocenters. The topological polar surface area (TPSA) is 127 Å². The van der Waals surface area contributed by atoms with Crippen LogP contribution in [-0.4, -0.2) is 51.7 Å². The Hall–Kier alpha value is -0.120. The van der Waals surface area contributed by atoms with Gasteiger partial charge in [-0.3, -0.25) is 4.79 Å². The molecule has 0 saturated heterocycles. The summed E-state index contributed by atoms with van der Waals surface area (Å²) >= 11 is 0. The summed E-state index contributed by atoms with van der Waals surface area (Å²) < 4.78 is 5.83.